The molecular formula is C17H35N3. The second-order valence-electron chi connectivity index (χ2n) is 7.77. The van der Waals surface area contributed by atoms with Crippen molar-refractivity contribution in [2.75, 3.05) is 26.7 Å². The minimum atomic E-state index is 0.667. The molecule has 2 aliphatic heterocycles. The van der Waals surface area contributed by atoms with Crippen molar-refractivity contribution >= 4 is 0 Å². The standard InChI is InChI=1S/C17H35N3/c1-12(2)16-11-20(17(10-18-16)13(3)4)15-7-8-19(6)14(5)9-15/h12-18H,7-11H2,1-6H3. The highest BCUT2D eigenvalue weighted by Gasteiger charge is 2.37. The monoisotopic (exact) mass is 281 g/mol. The van der Waals surface area contributed by atoms with Crippen molar-refractivity contribution in [1.82, 2.24) is 15.1 Å². The molecule has 2 aliphatic rings. The first-order chi connectivity index (χ1) is 9.40. The summed E-state index contributed by atoms with van der Waals surface area (Å²) in [6.07, 6.45) is 2.68. The minimum absolute atomic E-state index is 0.667. The van der Waals surface area contributed by atoms with E-state index < -0.39 is 0 Å². The molecule has 0 saturated carbocycles. The maximum atomic E-state index is 3.79. The van der Waals surface area contributed by atoms with Crippen molar-refractivity contribution in [3.63, 3.8) is 0 Å². The molecule has 0 spiro atoms. The van der Waals surface area contributed by atoms with Gasteiger partial charge in [-0.25, -0.2) is 0 Å². The first kappa shape index (κ1) is 16.3. The molecule has 0 aromatic rings. The van der Waals surface area contributed by atoms with E-state index in [9.17, 15) is 0 Å². The van der Waals surface area contributed by atoms with Crippen molar-refractivity contribution in [3.8, 4) is 0 Å². The molecule has 20 heavy (non-hydrogen) atoms. The van der Waals surface area contributed by atoms with Crippen LogP contribution in [-0.2, 0) is 0 Å². The molecule has 0 bridgehead atoms. The molecule has 0 amide bonds. The lowest BCUT2D eigenvalue weighted by atomic mass is 9.89. The summed E-state index contributed by atoms with van der Waals surface area (Å²) >= 11 is 0. The van der Waals surface area contributed by atoms with E-state index in [4.69, 9.17) is 0 Å². The SMILES string of the molecule is CC(C)C1CN(C2CCN(C)C(C)C2)C(C(C)C)CN1. The highest BCUT2D eigenvalue weighted by atomic mass is 15.3. The first-order valence-electron chi connectivity index (χ1n) is 8.59. The largest absolute Gasteiger partial charge is 0.311 e. The van der Waals surface area contributed by atoms with Gasteiger partial charge in [-0.2, -0.15) is 0 Å². The summed E-state index contributed by atoms with van der Waals surface area (Å²) in [7, 11) is 2.27. The second kappa shape index (κ2) is 6.76. The van der Waals surface area contributed by atoms with Gasteiger partial charge in [-0.3, -0.25) is 4.90 Å². The third kappa shape index (κ3) is 3.55. The summed E-state index contributed by atoms with van der Waals surface area (Å²) in [5, 5.41) is 3.79. The summed E-state index contributed by atoms with van der Waals surface area (Å²) in [5.41, 5.74) is 0. The van der Waals surface area contributed by atoms with Crippen molar-refractivity contribution in [3.05, 3.63) is 0 Å². The van der Waals surface area contributed by atoms with Crippen LogP contribution in [0.25, 0.3) is 0 Å². The summed E-state index contributed by atoms with van der Waals surface area (Å²) in [6.45, 7) is 15.5. The van der Waals surface area contributed by atoms with Gasteiger partial charge < -0.3 is 10.2 Å². The Morgan fingerprint density at radius 2 is 1.80 bits per heavy atom. The van der Waals surface area contributed by atoms with E-state index in [0.717, 1.165) is 23.9 Å². The fourth-order valence-corrected chi connectivity index (χ4v) is 3.87. The van der Waals surface area contributed by atoms with Gasteiger partial charge in [-0.15, -0.1) is 0 Å². The fourth-order valence-electron chi connectivity index (χ4n) is 3.87. The van der Waals surface area contributed by atoms with Crippen molar-refractivity contribution in [1.29, 1.82) is 0 Å². The first-order valence-corrected chi connectivity index (χ1v) is 8.59. The van der Waals surface area contributed by atoms with Crippen molar-refractivity contribution in [2.45, 2.75) is 71.6 Å². The molecule has 118 valence electrons. The van der Waals surface area contributed by atoms with Gasteiger partial charge in [0.25, 0.3) is 0 Å². The highest BCUT2D eigenvalue weighted by Crippen LogP contribution is 2.27. The van der Waals surface area contributed by atoms with Crippen LogP contribution in [0.15, 0.2) is 0 Å². The van der Waals surface area contributed by atoms with Gasteiger partial charge in [0.1, 0.15) is 0 Å². The van der Waals surface area contributed by atoms with E-state index in [1.807, 2.05) is 0 Å². The zero-order chi connectivity index (χ0) is 14.9. The number of piperidine rings is 1. The Kier molecular flexibility index (Phi) is 5.49. The van der Waals surface area contributed by atoms with Gasteiger partial charge in [0.2, 0.25) is 0 Å². The normalized spacial score (nSPS) is 37.8. The predicted octanol–water partition coefficient (Wildman–Crippen LogP) is 2.42. The van der Waals surface area contributed by atoms with Crippen LogP contribution in [0.4, 0.5) is 0 Å². The van der Waals surface area contributed by atoms with Crippen LogP contribution in [0.3, 0.4) is 0 Å². The lowest BCUT2D eigenvalue weighted by Crippen LogP contribution is -2.63. The van der Waals surface area contributed by atoms with Crippen molar-refractivity contribution in [2.24, 2.45) is 11.8 Å². The minimum Gasteiger partial charge on any atom is -0.311 e. The Balaban J connectivity index is 2.07. The smallest absolute Gasteiger partial charge is 0.0247 e. The van der Waals surface area contributed by atoms with E-state index >= 15 is 0 Å². The average molecular weight is 281 g/mol. The lowest BCUT2D eigenvalue weighted by Gasteiger charge is -2.50. The number of hydrogen-bond acceptors (Lipinski definition) is 3. The molecule has 0 radical (unpaired) electrons. The van der Waals surface area contributed by atoms with E-state index in [0.29, 0.717) is 12.1 Å². The number of nitrogens with zero attached hydrogens (tertiary/aromatic N) is 2. The van der Waals surface area contributed by atoms with Crippen LogP contribution in [0.5, 0.6) is 0 Å². The zero-order valence-corrected chi connectivity index (χ0v) is 14.4. The summed E-state index contributed by atoms with van der Waals surface area (Å²) in [6, 6.07) is 2.90. The Bertz CT molecular complexity index is 303. The van der Waals surface area contributed by atoms with Gasteiger partial charge in [0.05, 0.1) is 0 Å². The van der Waals surface area contributed by atoms with Gasteiger partial charge in [-0.05, 0) is 45.2 Å². The number of likely N-dealkylation sites (tertiary alicyclic amines) is 1. The highest BCUT2D eigenvalue weighted by molar-refractivity contribution is 4.94. The third-order valence-corrected chi connectivity index (χ3v) is 5.65. The molecule has 2 heterocycles. The topological polar surface area (TPSA) is 18.5 Å². The maximum Gasteiger partial charge on any atom is 0.0247 e. The Morgan fingerprint density at radius 3 is 2.35 bits per heavy atom. The summed E-state index contributed by atoms with van der Waals surface area (Å²) in [4.78, 5) is 5.37. The molecule has 2 saturated heterocycles. The molecule has 0 aliphatic carbocycles. The molecule has 2 rings (SSSR count). The van der Waals surface area contributed by atoms with Crippen LogP contribution in [-0.4, -0.2) is 60.6 Å². The molecule has 4 atom stereocenters. The van der Waals surface area contributed by atoms with Crippen LogP contribution >= 0.6 is 0 Å². The van der Waals surface area contributed by atoms with Crippen LogP contribution < -0.4 is 5.32 Å². The lowest BCUT2D eigenvalue weighted by molar-refractivity contribution is 0.00794. The fraction of sp³-hybridized carbons (Fsp3) is 1.00. The maximum absolute atomic E-state index is 3.79. The van der Waals surface area contributed by atoms with E-state index in [2.05, 4.69) is 56.8 Å². The Morgan fingerprint density at radius 1 is 1.10 bits per heavy atom. The summed E-state index contributed by atoms with van der Waals surface area (Å²) in [5.74, 6) is 1.47. The molecule has 0 aromatic carbocycles. The summed E-state index contributed by atoms with van der Waals surface area (Å²) < 4.78 is 0. The quantitative estimate of drug-likeness (QED) is 0.857. The van der Waals surface area contributed by atoms with Crippen LogP contribution in [0.1, 0.15) is 47.5 Å². The Hall–Kier alpha value is -0.120. The number of rotatable bonds is 3. The van der Waals surface area contributed by atoms with E-state index in [1.54, 1.807) is 0 Å². The molecule has 3 heteroatoms. The van der Waals surface area contributed by atoms with Crippen LogP contribution in [0.2, 0.25) is 0 Å². The average Bonchev–Trinajstić information content (AvgIpc) is 2.41. The van der Waals surface area contributed by atoms with Gasteiger partial charge in [0.15, 0.2) is 0 Å². The predicted molar refractivity (Wildman–Crippen MR) is 87.1 cm³/mol. The number of piperazine rings is 1. The zero-order valence-electron chi connectivity index (χ0n) is 14.4. The third-order valence-electron chi connectivity index (χ3n) is 5.65. The Labute approximate surface area is 126 Å². The second-order valence-corrected chi connectivity index (χ2v) is 7.77. The number of hydrogen-bond donors (Lipinski definition) is 1. The molecular weight excluding hydrogens is 246 g/mol. The molecule has 3 nitrogen and oxygen atoms in total. The molecule has 2 fully saturated rings. The molecule has 0 aromatic heterocycles. The molecule has 1 N–H and O–H groups in total. The number of nitrogens with one attached hydrogen (secondary N) is 1. The van der Waals surface area contributed by atoms with Crippen LogP contribution in [0, 0.1) is 11.8 Å². The molecule has 4 unspecified atom stereocenters. The van der Waals surface area contributed by atoms with Gasteiger partial charge in [-0.1, -0.05) is 27.7 Å². The van der Waals surface area contributed by atoms with Gasteiger partial charge >= 0.3 is 0 Å². The van der Waals surface area contributed by atoms with E-state index in [1.165, 1.54) is 32.5 Å². The van der Waals surface area contributed by atoms with Crippen molar-refractivity contribution < 1.29 is 0 Å². The van der Waals surface area contributed by atoms with E-state index in [-0.39, 0.29) is 0 Å². The van der Waals surface area contributed by atoms with Gasteiger partial charge in [0, 0.05) is 37.3 Å².